The number of carbonyl (C=O) groups excluding carboxylic acids is 1. The zero-order valence-corrected chi connectivity index (χ0v) is 13.7. The van der Waals surface area contributed by atoms with Gasteiger partial charge in [0.2, 0.25) is 5.91 Å². The number of amides is 1. The van der Waals surface area contributed by atoms with Crippen LogP contribution in [0.2, 0.25) is 0 Å². The molecule has 5 nitrogen and oxygen atoms in total. The molecule has 0 saturated heterocycles. The minimum atomic E-state index is -0.869. The van der Waals surface area contributed by atoms with E-state index < -0.39 is 11.9 Å². The Morgan fingerprint density at radius 3 is 1.95 bits per heavy atom. The number of rotatable bonds is 7. The lowest BCUT2D eigenvalue weighted by Gasteiger charge is -2.14. The Morgan fingerprint density at radius 2 is 1.64 bits per heavy atom. The van der Waals surface area contributed by atoms with Gasteiger partial charge in [-0.15, -0.1) is 0 Å². The van der Waals surface area contributed by atoms with Gasteiger partial charge >= 0.3 is 5.97 Å². The third-order valence-corrected chi connectivity index (χ3v) is 3.08. The van der Waals surface area contributed by atoms with E-state index >= 15 is 0 Å². The second-order valence-electron chi connectivity index (χ2n) is 5.96. The molecule has 124 valence electrons. The van der Waals surface area contributed by atoms with Crippen LogP contribution in [0.4, 0.5) is 0 Å². The molecule has 0 heterocycles. The topological polar surface area (TPSA) is 106 Å². The zero-order chi connectivity index (χ0) is 17.1. The van der Waals surface area contributed by atoms with Crippen LogP contribution in [0.25, 0.3) is 0 Å². The van der Waals surface area contributed by atoms with Crippen molar-refractivity contribution in [2.24, 2.45) is 23.3 Å². The third-order valence-electron chi connectivity index (χ3n) is 3.08. The highest BCUT2D eigenvalue weighted by Gasteiger charge is 2.16. The molecule has 1 amide bonds. The van der Waals surface area contributed by atoms with Gasteiger partial charge in [-0.3, -0.25) is 9.59 Å². The van der Waals surface area contributed by atoms with E-state index in [1.54, 1.807) is 0 Å². The molecule has 0 fully saturated rings. The van der Waals surface area contributed by atoms with E-state index in [-0.39, 0.29) is 24.8 Å². The van der Waals surface area contributed by atoms with Crippen LogP contribution >= 0.6 is 0 Å². The number of benzene rings is 1. The third kappa shape index (κ3) is 10.9. The van der Waals surface area contributed by atoms with E-state index in [2.05, 4.69) is 0 Å². The van der Waals surface area contributed by atoms with Crippen molar-refractivity contribution in [2.45, 2.75) is 46.1 Å². The molecule has 0 spiro atoms. The van der Waals surface area contributed by atoms with Gasteiger partial charge in [0.05, 0.1) is 0 Å². The van der Waals surface area contributed by atoms with Gasteiger partial charge in [-0.1, -0.05) is 44.2 Å². The van der Waals surface area contributed by atoms with Gasteiger partial charge in [-0.05, 0) is 30.7 Å². The van der Waals surface area contributed by atoms with Crippen molar-refractivity contribution >= 4 is 11.9 Å². The number of hydrogen-bond acceptors (Lipinski definition) is 3. The van der Waals surface area contributed by atoms with Crippen LogP contribution in [-0.2, 0) is 9.59 Å². The second-order valence-corrected chi connectivity index (χ2v) is 5.96. The number of primary amides is 1. The van der Waals surface area contributed by atoms with Gasteiger partial charge in [0, 0.05) is 18.9 Å². The SMILES string of the molecule is CC(C)C[C@H](CC(N)=O)CC(=O)O.CC(N)c1ccccc1. The highest BCUT2D eigenvalue weighted by Crippen LogP contribution is 2.18. The molecular formula is C17H28N2O3. The highest BCUT2D eigenvalue weighted by molar-refractivity contribution is 5.75. The maximum absolute atomic E-state index is 10.6. The number of carbonyl (C=O) groups is 2. The minimum absolute atomic E-state index is 0.0289. The minimum Gasteiger partial charge on any atom is -0.481 e. The molecule has 0 aliphatic heterocycles. The Hall–Kier alpha value is -1.88. The summed E-state index contributed by atoms with van der Waals surface area (Å²) in [6, 6.07) is 10.2. The lowest BCUT2D eigenvalue weighted by Crippen LogP contribution is -2.19. The molecule has 1 rings (SSSR count). The number of carboxylic acids is 1. The van der Waals surface area contributed by atoms with E-state index in [9.17, 15) is 9.59 Å². The maximum atomic E-state index is 10.6. The number of hydrogen-bond donors (Lipinski definition) is 3. The standard InChI is InChI=1S/C9H17NO3.C8H11N/c1-6(2)3-7(4-8(10)11)5-9(12)13;1-7(9)8-5-3-2-4-6-8/h6-7H,3-5H2,1-2H3,(H2,10,11)(H,12,13);2-7H,9H2,1H3/t7-;/m1./s1. The quantitative estimate of drug-likeness (QED) is 0.720. The molecular weight excluding hydrogens is 280 g/mol. The van der Waals surface area contributed by atoms with Gasteiger partial charge in [0.25, 0.3) is 0 Å². The number of carboxylic acid groups (broad SMARTS) is 1. The number of aliphatic carboxylic acids is 1. The summed E-state index contributed by atoms with van der Waals surface area (Å²) in [5.74, 6) is -1.02. The molecule has 5 heteroatoms. The lowest BCUT2D eigenvalue weighted by molar-refractivity contribution is -0.138. The van der Waals surface area contributed by atoms with Crippen molar-refractivity contribution in [2.75, 3.05) is 0 Å². The van der Waals surface area contributed by atoms with E-state index in [4.69, 9.17) is 16.6 Å². The van der Waals surface area contributed by atoms with Crippen molar-refractivity contribution in [1.82, 2.24) is 0 Å². The smallest absolute Gasteiger partial charge is 0.303 e. The molecule has 0 bridgehead atoms. The summed E-state index contributed by atoms with van der Waals surface area (Å²) in [5, 5.41) is 8.56. The van der Waals surface area contributed by atoms with Gasteiger partial charge < -0.3 is 16.6 Å². The van der Waals surface area contributed by atoms with Crippen molar-refractivity contribution in [3.8, 4) is 0 Å². The Kier molecular flexibility index (Phi) is 9.87. The fourth-order valence-electron chi connectivity index (χ4n) is 2.19. The normalized spacial score (nSPS) is 13.0. The number of nitrogens with two attached hydrogens (primary N) is 2. The van der Waals surface area contributed by atoms with E-state index in [1.807, 2.05) is 51.1 Å². The van der Waals surface area contributed by atoms with Crippen LogP contribution in [0.5, 0.6) is 0 Å². The molecule has 0 aromatic heterocycles. The first-order chi connectivity index (χ1) is 10.2. The van der Waals surface area contributed by atoms with E-state index in [0.717, 1.165) is 6.42 Å². The molecule has 5 N–H and O–H groups in total. The highest BCUT2D eigenvalue weighted by atomic mass is 16.4. The Balaban J connectivity index is 0.000000425. The molecule has 0 aliphatic carbocycles. The predicted octanol–water partition coefficient (Wildman–Crippen LogP) is 2.71. The Labute approximate surface area is 132 Å². The maximum Gasteiger partial charge on any atom is 0.303 e. The van der Waals surface area contributed by atoms with E-state index in [0.29, 0.717) is 5.92 Å². The van der Waals surface area contributed by atoms with Gasteiger partial charge in [0.1, 0.15) is 0 Å². The molecule has 2 atom stereocenters. The summed E-state index contributed by atoms with van der Waals surface area (Å²) >= 11 is 0. The Bertz CT molecular complexity index is 428. The van der Waals surface area contributed by atoms with Crippen LogP contribution < -0.4 is 11.5 Å². The summed E-state index contributed by atoms with van der Waals surface area (Å²) in [4.78, 5) is 21.0. The first-order valence-corrected chi connectivity index (χ1v) is 7.53. The van der Waals surface area contributed by atoms with Gasteiger partial charge in [-0.2, -0.15) is 0 Å². The van der Waals surface area contributed by atoms with Crippen LogP contribution in [-0.4, -0.2) is 17.0 Å². The molecule has 0 aliphatic rings. The van der Waals surface area contributed by atoms with Crippen LogP contribution in [0, 0.1) is 11.8 Å². The molecule has 22 heavy (non-hydrogen) atoms. The molecule has 1 unspecified atom stereocenters. The van der Waals surface area contributed by atoms with Gasteiger partial charge in [-0.25, -0.2) is 0 Å². The fraction of sp³-hybridized carbons (Fsp3) is 0.529. The molecule has 1 aromatic carbocycles. The fourth-order valence-corrected chi connectivity index (χ4v) is 2.19. The predicted molar refractivity (Wildman–Crippen MR) is 88.1 cm³/mol. The summed E-state index contributed by atoms with van der Waals surface area (Å²) in [6.07, 6.45) is 0.931. The zero-order valence-electron chi connectivity index (χ0n) is 13.7. The Morgan fingerprint density at radius 1 is 1.09 bits per heavy atom. The van der Waals surface area contributed by atoms with Gasteiger partial charge in [0.15, 0.2) is 0 Å². The molecule has 0 saturated carbocycles. The summed E-state index contributed by atoms with van der Waals surface area (Å²) in [7, 11) is 0. The lowest BCUT2D eigenvalue weighted by atomic mass is 9.91. The van der Waals surface area contributed by atoms with Crippen molar-refractivity contribution in [3.05, 3.63) is 35.9 Å². The largest absolute Gasteiger partial charge is 0.481 e. The summed E-state index contributed by atoms with van der Waals surface area (Å²) in [5.41, 5.74) is 11.8. The second kappa shape index (κ2) is 10.8. The average Bonchev–Trinajstić information content (AvgIpc) is 2.38. The first kappa shape index (κ1) is 20.1. The van der Waals surface area contributed by atoms with Crippen molar-refractivity contribution in [3.63, 3.8) is 0 Å². The molecule has 0 radical (unpaired) electrons. The monoisotopic (exact) mass is 308 g/mol. The van der Waals surface area contributed by atoms with E-state index in [1.165, 1.54) is 5.56 Å². The first-order valence-electron chi connectivity index (χ1n) is 7.53. The molecule has 1 aromatic rings. The van der Waals surface area contributed by atoms with Crippen molar-refractivity contribution < 1.29 is 14.7 Å². The summed E-state index contributed by atoms with van der Waals surface area (Å²) in [6.45, 7) is 5.97. The summed E-state index contributed by atoms with van der Waals surface area (Å²) < 4.78 is 0. The average molecular weight is 308 g/mol. The van der Waals surface area contributed by atoms with Crippen LogP contribution in [0.15, 0.2) is 30.3 Å². The van der Waals surface area contributed by atoms with Crippen molar-refractivity contribution in [1.29, 1.82) is 0 Å². The van der Waals surface area contributed by atoms with Crippen LogP contribution in [0.1, 0.15) is 51.6 Å². The van der Waals surface area contributed by atoms with Crippen LogP contribution in [0.3, 0.4) is 0 Å².